The number of carbonyl (C=O) groups is 3. The molecule has 0 rings (SSSR count). The number of nitrogens with one attached hydrogen (secondary N) is 1. The Balaban J connectivity index is 3.94. The van der Waals surface area contributed by atoms with E-state index in [1.807, 2.05) is 0 Å². The first-order valence-corrected chi connectivity index (χ1v) is 5.49. The second-order valence-corrected chi connectivity index (χ2v) is 3.62. The van der Waals surface area contributed by atoms with E-state index in [2.05, 4.69) is 5.32 Å². The zero-order chi connectivity index (χ0) is 14.1. The van der Waals surface area contributed by atoms with Gasteiger partial charge in [-0.15, -0.1) is 0 Å². The number of aliphatic carboxylic acids is 1. The number of urea groups is 1. The lowest BCUT2D eigenvalue weighted by Crippen LogP contribution is -2.47. The Kier molecular flexibility index (Phi) is 7.45. The Bertz CT molecular complexity index is 308. The van der Waals surface area contributed by atoms with Crippen LogP contribution in [0.25, 0.3) is 0 Å². The molecule has 0 aromatic rings. The summed E-state index contributed by atoms with van der Waals surface area (Å²) in [5.41, 5.74) is 4.85. The molecule has 1 unspecified atom stereocenters. The zero-order valence-corrected chi connectivity index (χ0v) is 10.5. The van der Waals surface area contributed by atoms with Crippen molar-refractivity contribution in [2.24, 2.45) is 5.73 Å². The lowest BCUT2D eigenvalue weighted by Gasteiger charge is -2.23. The van der Waals surface area contributed by atoms with Gasteiger partial charge in [-0.25, -0.2) is 9.59 Å². The van der Waals surface area contributed by atoms with Crippen LogP contribution in [0.4, 0.5) is 4.79 Å². The van der Waals surface area contributed by atoms with E-state index < -0.39 is 23.9 Å². The summed E-state index contributed by atoms with van der Waals surface area (Å²) in [6.45, 7) is 1.77. The quantitative estimate of drug-likeness (QED) is 0.483. The molecule has 0 aromatic carbocycles. The second-order valence-electron chi connectivity index (χ2n) is 3.62. The predicted molar refractivity (Wildman–Crippen MR) is 62.9 cm³/mol. The van der Waals surface area contributed by atoms with E-state index in [1.54, 1.807) is 6.92 Å². The number of nitrogens with two attached hydrogens (primary N) is 1. The number of carboxylic acids is 1. The van der Waals surface area contributed by atoms with E-state index >= 15 is 0 Å². The lowest BCUT2D eigenvalue weighted by atomic mass is 10.2. The molecule has 0 radical (unpaired) electrons. The smallest absolute Gasteiger partial charge is 0.326 e. The minimum atomic E-state index is -1.06. The average molecular weight is 261 g/mol. The SMILES string of the molecule is CCC(C(=O)O)N(C)C(=O)NCCOCC(N)=O. The van der Waals surface area contributed by atoms with Crippen LogP contribution in [0.3, 0.4) is 0 Å². The maximum Gasteiger partial charge on any atom is 0.326 e. The van der Waals surface area contributed by atoms with Crippen LogP contribution in [-0.4, -0.2) is 60.8 Å². The molecule has 0 saturated heterocycles. The third-order valence-corrected chi connectivity index (χ3v) is 2.23. The molecule has 4 N–H and O–H groups in total. The molecular formula is C10H19N3O5. The van der Waals surface area contributed by atoms with Gasteiger partial charge in [0.2, 0.25) is 5.91 Å². The van der Waals surface area contributed by atoms with Crippen LogP contribution in [0.2, 0.25) is 0 Å². The first kappa shape index (κ1) is 16.2. The largest absolute Gasteiger partial charge is 0.480 e. The molecule has 0 heterocycles. The highest BCUT2D eigenvalue weighted by atomic mass is 16.5. The average Bonchev–Trinajstić information content (AvgIpc) is 2.28. The molecule has 0 saturated carbocycles. The van der Waals surface area contributed by atoms with E-state index in [4.69, 9.17) is 15.6 Å². The summed E-state index contributed by atoms with van der Waals surface area (Å²) < 4.78 is 4.84. The summed E-state index contributed by atoms with van der Waals surface area (Å²) in [7, 11) is 1.40. The first-order chi connectivity index (χ1) is 8.40. The fraction of sp³-hybridized carbons (Fsp3) is 0.700. The standard InChI is InChI=1S/C10H19N3O5/c1-3-7(9(15)16)13(2)10(17)12-4-5-18-6-8(11)14/h7H,3-6H2,1-2H3,(H2,11,14)(H,12,17)(H,15,16). The number of primary amides is 1. The number of ether oxygens (including phenoxy) is 1. The van der Waals surface area contributed by atoms with Crippen LogP contribution < -0.4 is 11.1 Å². The van der Waals surface area contributed by atoms with Crippen molar-refractivity contribution >= 4 is 17.9 Å². The molecule has 0 aromatic heterocycles. The minimum Gasteiger partial charge on any atom is -0.480 e. The van der Waals surface area contributed by atoms with E-state index in [-0.39, 0.29) is 19.8 Å². The van der Waals surface area contributed by atoms with Gasteiger partial charge in [-0.3, -0.25) is 4.79 Å². The maximum atomic E-state index is 11.5. The monoisotopic (exact) mass is 261 g/mol. The molecule has 0 aliphatic rings. The summed E-state index contributed by atoms with van der Waals surface area (Å²) >= 11 is 0. The molecule has 104 valence electrons. The van der Waals surface area contributed by atoms with Gasteiger partial charge in [0.05, 0.1) is 6.61 Å². The van der Waals surface area contributed by atoms with Crippen molar-refractivity contribution in [2.75, 3.05) is 26.8 Å². The van der Waals surface area contributed by atoms with E-state index in [0.29, 0.717) is 6.42 Å². The van der Waals surface area contributed by atoms with E-state index in [0.717, 1.165) is 4.90 Å². The highest BCUT2D eigenvalue weighted by Crippen LogP contribution is 2.01. The van der Waals surface area contributed by atoms with Gasteiger partial charge in [0.1, 0.15) is 12.6 Å². The molecule has 0 aliphatic heterocycles. The molecule has 1 atom stereocenters. The Morgan fingerprint density at radius 1 is 1.44 bits per heavy atom. The van der Waals surface area contributed by atoms with Crippen molar-refractivity contribution in [3.05, 3.63) is 0 Å². The number of nitrogens with zero attached hydrogens (tertiary/aromatic N) is 1. The fourth-order valence-electron chi connectivity index (χ4n) is 1.28. The second kappa shape index (κ2) is 8.29. The van der Waals surface area contributed by atoms with Crippen molar-refractivity contribution in [3.8, 4) is 0 Å². The molecule has 0 bridgehead atoms. The van der Waals surface area contributed by atoms with Gasteiger partial charge >= 0.3 is 12.0 Å². The van der Waals surface area contributed by atoms with Gasteiger partial charge in [0, 0.05) is 13.6 Å². The lowest BCUT2D eigenvalue weighted by molar-refractivity contribution is -0.141. The molecule has 3 amide bonds. The van der Waals surface area contributed by atoms with Crippen LogP contribution in [0.15, 0.2) is 0 Å². The third kappa shape index (κ3) is 6.04. The first-order valence-electron chi connectivity index (χ1n) is 5.49. The van der Waals surface area contributed by atoms with E-state index in [9.17, 15) is 14.4 Å². The summed E-state index contributed by atoms with van der Waals surface area (Å²) in [6, 6.07) is -1.37. The Hall–Kier alpha value is -1.83. The van der Waals surface area contributed by atoms with E-state index in [1.165, 1.54) is 7.05 Å². The maximum absolute atomic E-state index is 11.5. The van der Waals surface area contributed by atoms with Gasteiger partial charge in [-0.2, -0.15) is 0 Å². The molecule has 0 spiro atoms. The van der Waals surface area contributed by atoms with Crippen LogP contribution in [-0.2, 0) is 14.3 Å². The van der Waals surface area contributed by atoms with Gasteiger partial charge in [-0.1, -0.05) is 6.92 Å². The summed E-state index contributed by atoms with van der Waals surface area (Å²) in [4.78, 5) is 33.8. The number of amides is 3. The molecule has 18 heavy (non-hydrogen) atoms. The van der Waals surface area contributed by atoms with Gasteiger partial charge in [0.25, 0.3) is 0 Å². The molecular weight excluding hydrogens is 242 g/mol. The molecule has 0 aliphatic carbocycles. The van der Waals surface area contributed by atoms with Crippen LogP contribution >= 0.6 is 0 Å². The number of carbonyl (C=O) groups excluding carboxylic acids is 2. The van der Waals surface area contributed by atoms with Gasteiger partial charge in [0.15, 0.2) is 0 Å². The van der Waals surface area contributed by atoms with Crippen LogP contribution in [0, 0.1) is 0 Å². The number of likely N-dealkylation sites (N-methyl/N-ethyl adjacent to an activating group) is 1. The summed E-state index contributed by atoms with van der Waals surface area (Å²) in [5.74, 6) is -1.64. The number of hydrogen-bond acceptors (Lipinski definition) is 4. The van der Waals surface area contributed by atoms with Crippen LogP contribution in [0.5, 0.6) is 0 Å². The third-order valence-electron chi connectivity index (χ3n) is 2.23. The number of rotatable bonds is 8. The fourth-order valence-corrected chi connectivity index (χ4v) is 1.28. The topological polar surface area (TPSA) is 122 Å². The van der Waals surface area contributed by atoms with Crippen LogP contribution in [0.1, 0.15) is 13.3 Å². The van der Waals surface area contributed by atoms with Crippen molar-refractivity contribution in [1.29, 1.82) is 0 Å². The Morgan fingerprint density at radius 2 is 2.06 bits per heavy atom. The summed E-state index contributed by atoms with van der Waals surface area (Å²) in [5, 5.41) is 11.3. The van der Waals surface area contributed by atoms with Crippen molar-refractivity contribution in [3.63, 3.8) is 0 Å². The van der Waals surface area contributed by atoms with Crippen molar-refractivity contribution < 1.29 is 24.2 Å². The number of carboxylic acid groups (broad SMARTS) is 1. The van der Waals surface area contributed by atoms with Gasteiger partial charge < -0.3 is 25.8 Å². The van der Waals surface area contributed by atoms with Crippen molar-refractivity contribution in [1.82, 2.24) is 10.2 Å². The molecule has 0 fully saturated rings. The zero-order valence-electron chi connectivity index (χ0n) is 10.5. The summed E-state index contributed by atoms with van der Waals surface area (Å²) in [6.07, 6.45) is 0.317. The van der Waals surface area contributed by atoms with Crippen molar-refractivity contribution in [2.45, 2.75) is 19.4 Å². The number of hydrogen-bond donors (Lipinski definition) is 3. The Morgan fingerprint density at radius 3 is 2.50 bits per heavy atom. The predicted octanol–water partition coefficient (Wildman–Crippen LogP) is -1.01. The molecule has 8 nitrogen and oxygen atoms in total. The van der Waals surface area contributed by atoms with Gasteiger partial charge in [-0.05, 0) is 6.42 Å². The minimum absolute atomic E-state index is 0.131. The highest BCUT2D eigenvalue weighted by Gasteiger charge is 2.24. The normalized spacial score (nSPS) is 11.7. The molecule has 8 heteroatoms. The highest BCUT2D eigenvalue weighted by molar-refractivity contribution is 5.82. The Labute approximate surface area is 105 Å².